The van der Waals surface area contributed by atoms with Gasteiger partial charge in [0.2, 0.25) is 0 Å². The van der Waals surface area contributed by atoms with Gasteiger partial charge in [-0.2, -0.15) is 0 Å². The Balaban J connectivity index is 3.61. The Morgan fingerprint density at radius 2 is 1.44 bits per heavy atom. The van der Waals surface area contributed by atoms with Gasteiger partial charge in [0.1, 0.15) is 28.9 Å². The van der Waals surface area contributed by atoms with E-state index < -0.39 is 16.1 Å². The van der Waals surface area contributed by atoms with Gasteiger partial charge in [-0.1, -0.05) is 44.8 Å². The minimum absolute atomic E-state index is 0.706. The molecular formula is C13H24OSi2. The Kier molecular flexibility index (Phi) is 6.56. The van der Waals surface area contributed by atoms with Crippen molar-refractivity contribution in [2.24, 2.45) is 0 Å². The normalized spacial score (nSPS) is 10.9. The Hall–Kier alpha value is -0.646. The Bertz CT molecular complexity index is 278. The third kappa shape index (κ3) is 13.4. The number of hydrogen-bond donors (Lipinski definition) is 0. The van der Waals surface area contributed by atoms with Crippen LogP contribution < -0.4 is 0 Å². The molecule has 0 rings (SSSR count). The molecule has 0 aliphatic carbocycles. The van der Waals surface area contributed by atoms with Crippen molar-refractivity contribution in [1.29, 1.82) is 0 Å². The van der Waals surface area contributed by atoms with Crippen molar-refractivity contribution in [2.75, 3.05) is 6.61 Å². The summed E-state index contributed by atoms with van der Waals surface area (Å²) in [6.45, 7) is 14.1. The molecule has 3 heteroatoms. The van der Waals surface area contributed by atoms with Gasteiger partial charge in [0, 0.05) is 6.42 Å². The lowest BCUT2D eigenvalue weighted by Gasteiger charge is -2.03. The van der Waals surface area contributed by atoms with E-state index >= 15 is 0 Å². The molecule has 0 heterocycles. The number of rotatable bonds is 3. The van der Waals surface area contributed by atoms with Gasteiger partial charge in [-0.15, -0.1) is 11.5 Å². The number of ether oxygens (including phenoxy) is 1. The molecule has 0 atom stereocenters. The van der Waals surface area contributed by atoms with E-state index in [1.807, 2.05) is 0 Å². The maximum absolute atomic E-state index is 5.26. The van der Waals surface area contributed by atoms with Crippen LogP contribution in [0.4, 0.5) is 0 Å². The zero-order valence-electron chi connectivity index (χ0n) is 11.5. The molecule has 0 radical (unpaired) electrons. The van der Waals surface area contributed by atoms with Gasteiger partial charge in [-0.05, 0) is 6.42 Å². The van der Waals surface area contributed by atoms with Crippen LogP contribution in [0.2, 0.25) is 39.3 Å². The van der Waals surface area contributed by atoms with Gasteiger partial charge in [-0.25, -0.2) is 0 Å². The average molecular weight is 253 g/mol. The van der Waals surface area contributed by atoms with E-state index in [1.165, 1.54) is 0 Å². The summed E-state index contributed by atoms with van der Waals surface area (Å²) in [6.07, 6.45) is 4.72. The highest BCUT2D eigenvalue weighted by Crippen LogP contribution is 1.98. The average Bonchev–Trinajstić information content (AvgIpc) is 2.06. The van der Waals surface area contributed by atoms with E-state index in [0.717, 1.165) is 12.8 Å². The molecule has 0 aromatic rings. The van der Waals surface area contributed by atoms with E-state index in [4.69, 9.17) is 4.74 Å². The first-order valence-corrected chi connectivity index (χ1v) is 12.8. The van der Waals surface area contributed by atoms with E-state index in [-0.39, 0.29) is 0 Å². The molecule has 0 saturated carbocycles. The molecule has 1 nitrogen and oxygen atoms in total. The highest BCUT2D eigenvalue weighted by atomic mass is 28.3. The minimum atomic E-state index is -1.27. The molecule has 0 N–H and O–H groups in total. The molecule has 16 heavy (non-hydrogen) atoms. The molecule has 0 fully saturated rings. The summed E-state index contributed by atoms with van der Waals surface area (Å²) in [4.78, 5) is 0. The number of unbranched alkanes of at least 4 members (excludes halogenated alkanes) is 1. The largest absolute Gasteiger partial charge is 0.447 e. The zero-order chi connectivity index (χ0) is 12.7. The quantitative estimate of drug-likeness (QED) is 0.424. The topological polar surface area (TPSA) is 9.23 Å². The van der Waals surface area contributed by atoms with Crippen LogP contribution in [0.15, 0.2) is 0 Å². The molecule has 0 spiro atoms. The van der Waals surface area contributed by atoms with Gasteiger partial charge in [0.05, 0.1) is 0 Å². The lowest BCUT2D eigenvalue weighted by Crippen LogP contribution is -2.16. The second kappa shape index (κ2) is 6.83. The van der Waals surface area contributed by atoms with Crippen molar-refractivity contribution in [1.82, 2.24) is 0 Å². The third-order valence-electron chi connectivity index (χ3n) is 1.51. The maximum atomic E-state index is 5.26. The Morgan fingerprint density at radius 1 is 0.875 bits per heavy atom. The lowest BCUT2D eigenvalue weighted by molar-refractivity contribution is 0.274. The van der Waals surface area contributed by atoms with E-state index in [9.17, 15) is 0 Å². The van der Waals surface area contributed by atoms with Crippen molar-refractivity contribution in [3.05, 3.63) is 0 Å². The summed E-state index contributed by atoms with van der Waals surface area (Å²) < 4.78 is 5.26. The molecule has 0 aromatic carbocycles. The summed E-state index contributed by atoms with van der Waals surface area (Å²) in [5.41, 5.74) is 6.52. The first-order chi connectivity index (χ1) is 7.21. The van der Waals surface area contributed by atoms with Crippen LogP contribution in [0, 0.1) is 23.1 Å². The van der Waals surface area contributed by atoms with Crippen LogP contribution in [0.1, 0.15) is 12.8 Å². The summed E-state index contributed by atoms with van der Waals surface area (Å²) in [5, 5.41) is 0. The van der Waals surface area contributed by atoms with Crippen LogP contribution in [-0.2, 0) is 4.74 Å². The molecular weight excluding hydrogens is 228 g/mol. The first kappa shape index (κ1) is 15.4. The second-order valence-electron chi connectivity index (χ2n) is 5.98. The first-order valence-electron chi connectivity index (χ1n) is 5.85. The summed E-state index contributed by atoms with van der Waals surface area (Å²) >= 11 is 0. The minimum Gasteiger partial charge on any atom is -0.447 e. The van der Waals surface area contributed by atoms with Gasteiger partial charge in [0.15, 0.2) is 0 Å². The van der Waals surface area contributed by atoms with Crippen molar-refractivity contribution in [2.45, 2.75) is 52.1 Å². The molecule has 0 bridgehead atoms. The van der Waals surface area contributed by atoms with E-state index in [2.05, 4.69) is 62.4 Å². The molecule has 0 aromatic heterocycles. The fraction of sp³-hybridized carbons (Fsp3) is 0.692. The fourth-order valence-electron chi connectivity index (χ4n) is 0.801. The van der Waals surface area contributed by atoms with Gasteiger partial charge in [0.25, 0.3) is 0 Å². The Labute approximate surface area is 103 Å². The highest BCUT2D eigenvalue weighted by molar-refractivity contribution is 6.84. The van der Waals surface area contributed by atoms with Crippen LogP contribution in [0.25, 0.3) is 0 Å². The van der Waals surface area contributed by atoms with E-state index in [1.54, 1.807) is 0 Å². The van der Waals surface area contributed by atoms with E-state index in [0.29, 0.717) is 6.61 Å². The zero-order valence-corrected chi connectivity index (χ0v) is 13.5. The van der Waals surface area contributed by atoms with Gasteiger partial charge >= 0.3 is 0 Å². The molecule has 0 aliphatic rings. The summed E-state index contributed by atoms with van der Waals surface area (Å²) in [6, 6.07) is 0. The van der Waals surface area contributed by atoms with Crippen molar-refractivity contribution < 1.29 is 4.74 Å². The van der Waals surface area contributed by atoms with Crippen LogP contribution in [0.5, 0.6) is 0 Å². The van der Waals surface area contributed by atoms with Crippen LogP contribution in [-0.4, -0.2) is 22.8 Å². The number of hydrogen-bond acceptors (Lipinski definition) is 1. The monoisotopic (exact) mass is 252 g/mol. The Morgan fingerprint density at radius 3 is 1.94 bits per heavy atom. The molecule has 0 unspecified atom stereocenters. The van der Waals surface area contributed by atoms with Crippen molar-refractivity contribution in [3.63, 3.8) is 0 Å². The lowest BCUT2D eigenvalue weighted by atomic mass is 10.3. The smallest absolute Gasteiger partial charge is 0.133 e. The predicted molar refractivity (Wildman–Crippen MR) is 77.4 cm³/mol. The fourth-order valence-corrected chi connectivity index (χ4v) is 1.83. The molecule has 90 valence electrons. The van der Waals surface area contributed by atoms with Gasteiger partial charge < -0.3 is 4.74 Å². The predicted octanol–water partition coefficient (Wildman–Crippen LogP) is 3.50. The van der Waals surface area contributed by atoms with Crippen molar-refractivity contribution >= 4 is 16.1 Å². The van der Waals surface area contributed by atoms with Crippen LogP contribution in [0.3, 0.4) is 0 Å². The molecule has 0 aliphatic heterocycles. The standard InChI is InChI=1S/C13H24OSi2/c1-15(2,3)12-9-7-8-10-14-11-13-16(4,5)6/h7-8,10H2,1-6H3. The SMILES string of the molecule is C[Si](C)(C)C#CCCCOC#C[Si](C)(C)C. The highest BCUT2D eigenvalue weighted by Gasteiger charge is 2.08. The maximum Gasteiger partial charge on any atom is 0.133 e. The summed E-state index contributed by atoms with van der Waals surface area (Å²) in [7, 11) is -2.45. The molecule has 0 amide bonds. The van der Waals surface area contributed by atoms with Crippen molar-refractivity contribution in [3.8, 4) is 23.1 Å². The van der Waals surface area contributed by atoms with Crippen LogP contribution >= 0.6 is 0 Å². The second-order valence-corrected chi connectivity index (χ2v) is 15.5. The van der Waals surface area contributed by atoms with Gasteiger partial charge in [-0.3, -0.25) is 0 Å². The third-order valence-corrected chi connectivity index (χ3v) is 3.29. The summed E-state index contributed by atoms with van der Waals surface area (Å²) in [5.74, 6) is 3.22. The molecule has 0 saturated heterocycles.